The second-order valence-electron chi connectivity index (χ2n) is 15.9. The third-order valence-electron chi connectivity index (χ3n) is 11.6. The third kappa shape index (κ3) is 8.64. The Hall–Kier alpha value is -3.18. The summed E-state index contributed by atoms with van der Waals surface area (Å²) in [6.07, 6.45) is 8.22. The number of likely N-dealkylation sites (N-methyl/N-ethyl adjacent to an activating group) is 1. The molecule has 4 aliphatic rings. The molecule has 1 aliphatic heterocycles. The van der Waals surface area contributed by atoms with Crippen LogP contribution in [-0.2, 0) is 21.0 Å². The molecular formula is C40H63N5O5. The highest BCUT2D eigenvalue weighted by Crippen LogP contribution is 2.61. The molecule has 1 saturated heterocycles. The molecule has 2 amide bonds. The van der Waals surface area contributed by atoms with Crippen LogP contribution < -0.4 is 20.7 Å². The summed E-state index contributed by atoms with van der Waals surface area (Å²) in [4.78, 5) is 35.4. The van der Waals surface area contributed by atoms with E-state index in [-0.39, 0.29) is 43.0 Å². The van der Waals surface area contributed by atoms with E-state index < -0.39 is 12.1 Å². The van der Waals surface area contributed by atoms with Crippen molar-refractivity contribution in [1.29, 1.82) is 0 Å². The number of hydroxylamine groups is 2. The molecule has 10 nitrogen and oxygen atoms in total. The lowest BCUT2D eigenvalue weighted by atomic mass is 9.45. The number of carbonyl (C=O) groups excluding carboxylic acids is 2. The molecule has 1 unspecified atom stereocenters. The van der Waals surface area contributed by atoms with Crippen molar-refractivity contribution in [2.45, 2.75) is 91.6 Å². The van der Waals surface area contributed by atoms with Gasteiger partial charge in [0.05, 0.1) is 20.3 Å². The molecular weight excluding hydrogens is 630 g/mol. The van der Waals surface area contributed by atoms with Gasteiger partial charge in [0.2, 0.25) is 11.8 Å². The van der Waals surface area contributed by atoms with Gasteiger partial charge in [-0.15, -0.1) is 0 Å². The van der Waals surface area contributed by atoms with Gasteiger partial charge in [-0.1, -0.05) is 59.4 Å². The number of hydrogen-bond donors (Lipinski definition) is 4. The van der Waals surface area contributed by atoms with Crippen molar-refractivity contribution in [3.05, 3.63) is 59.8 Å². The van der Waals surface area contributed by atoms with Crippen molar-refractivity contribution in [3.63, 3.8) is 0 Å². The van der Waals surface area contributed by atoms with E-state index in [4.69, 9.17) is 9.57 Å². The van der Waals surface area contributed by atoms with Gasteiger partial charge in [-0.3, -0.25) is 14.4 Å². The number of allylic oxidation sites excluding steroid dienone is 2. The average Bonchev–Trinajstić information content (AvgIpc) is 3.44. The first-order valence-corrected chi connectivity index (χ1v) is 18.4. The lowest BCUT2D eigenvalue weighted by molar-refractivity contribution is -0.183. The lowest BCUT2D eigenvalue weighted by Gasteiger charge is -2.62. The molecule has 278 valence electrons. The van der Waals surface area contributed by atoms with Crippen LogP contribution in [0.25, 0.3) is 5.57 Å². The first kappa shape index (κ1) is 39.6. The van der Waals surface area contributed by atoms with Gasteiger partial charge in [0.25, 0.3) is 0 Å². The number of aliphatic hydroxyl groups excluding tert-OH is 1. The summed E-state index contributed by atoms with van der Waals surface area (Å²) in [7, 11) is 7.05. The Kier molecular flexibility index (Phi) is 13.4. The molecule has 0 radical (unpaired) electrons. The van der Waals surface area contributed by atoms with Crippen LogP contribution in [0.5, 0.6) is 5.75 Å². The first-order chi connectivity index (χ1) is 23.6. The van der Waals surface area contributed by atoms with Crippen molar-refractivity contribution in [1.82, 2.24) is 25.9 Å². The summed E-state index contributed by atoms with van der Waals surface area (Å²) in [5.74, 6) is 2.09. The Balaban J connectivity index is 1.70. The number of nitrogens with zero attached hydrogens (tertiary/aromatic N) is 2. The zero-order valence-electron chi connectivity index (χ0n) is 32.1. The molecule has 1 aromatic rings. The van der Waals surface area contributed by atoms with Gasteiger partial charge in [-0.25, -0.2) is 0 Å². The van der Waals surface area contributed by atoms with Crippen molar-refractivity contribution >= 4 is 17.4 Å². The van der Waals surface area contributed by atoms with Gasteiger partial charge < -0.3 is 30.7 Å². The number of ether oxygens (including phenoxy) is 1. The Morgan fingerprint density at radius 1 is 1.22 bits per heavy atom. The van der Waals surface area contributed by atoms with Crippen LogP contribution >= 0.6 is 0 Å². The standard InChI is InChI=1S/C40H63N5O5/c1-24(2)15-17-42-27(5)35-34(23-46)50-45(36(35)39(48)43-33-21-30-20-32(26(33)4)40(30,6)7)22-29-13-12-14-31(37(29)49-11)28(16-18-44(9)10)19-25(3)38(47)41-8/h12-14,16,18-19,24,26-27,30,32-36,42,46H,3,15,17,20-23H2,1-2,4-11H3,(H,41,47)(H,43,48)/t26-,27?,30+,32-,33-,34-,35+,36-/m0/s1. The number of rotatable bonds is 16. The molecule has 1 heterocycles. The van der Waals surface area contributed by atoms with E-state index in [1.54, 1.807) is 25.3 Å². The van der Waals surface area contributed by atoms with Gasteiger partial charge >= 0.3 is 0 Å². The molecule has 8 atom stereocenters. The number of nitrogens with one attached hydrogen (secondary N) is 3. The van der Waals surface area contributed by atoms with Crippen molar-refractivity contribution in [2.75, 3.05) is 41.4 Å². The van der Waals surface area contributed by atoms with E-state index in [1.165, 1.54) is 6.42 Å². The summed E-state index contributed by atoms with van der Waals surface area (Å²) >= 11 is 0. The molecule has 50 heavy (non-hydrogen) atoms. The zero-order valence-corrected chi connectivity index (χ0v) is 32.1. The second-order valence-corrected chi connectivity index (χ2v) is 15.9. The van der Waals surface area contributed by atoms with E-state index >= 15 is 0 Å². The van der Waals surface area contributed by atoms with Crippen molar-refractivity contribution in [2.24, 2.45) is 35.0 Å². The van der Waals surface area contributed by atoms with E-state index in [2.05, 4.69) is 64.1 Å². The van der Waals surface area contributed by atoms with Crippen molar-refractivity contribution < 1.29 is 24.3 Å². The minimum atomic E-state index is -0.641. The SMILES string of the molecule is C=C(C=C(C=CN(C)C)c1cccc(CN2O[C@@H](CO)[C@@H](C(C)NCCC(C)C)[C@H]2C(=O)N[C@H]2C[C@H]3C[C@@H]([C@@H]2C)C3(C)C)c1OC)C(=O)NC. The average molecular weight is 694 g/mol. The van der Waals surface area contributed by atoms with Crippen LogP contribution in [0.15, 0.2) is 48.7 Å². The minimum absolute atomic E-state index is 0.0640. The normalized spacial score (nSPS) is 28.3. The van der Waals surface area contributed by atoms with Gasteiger partial charge in [0.15, 0.2) is 0 Å². The Morgan fingerprint density at radius 3 is 2.52 bits per heavy atom. The first-order valence-electron chi connectivity index (χ1n) is 18.4. The summed E-state index contributed by atoms with van der Waals surface area (Å²) in [5.41, 5.74) is 2.94. The Labute approximate surface area is 300 Å². The quantitative estimate of drug-likeness (QED) is 0.145. The number of carbonyl (C=O) groups is 2. The zero-order chi connectivity index (χ0) is 36.9. The molecule has 4 fully saturated rings. The number of benzene rings is 1. The minimum Gasteiger partial charge on any atom is -0.496 e. The van der Waals surface area contributed by atoms with E-state index in [9.17, 15) is 14.7 Å². The fraction of sp³-hybridized carbons (Fsp3) is 0.650. The largest absolute Gasteiger partial charge is 0.496 e. The maximum absolute atomic E-state index is 14.5. The highest BCUT2D eigenvalue weighted by atomic mass is 16.7. The number of amides is 2. The van der Waals surface area contributed by atoms with Crippen LogP contribution in [0.1, 0.15) is 71.9 Å². The van der Waals surface area contributed by atoms with Crippen LogP contribution in [0.4, 0.5) is 0 Å². The molecule has 2 bridgehead atoms. The molecule has 3 aliphatic carbocycles. The summed E-state index contributed by atoms with van der Waals surface area (Å²) in [5, 5.41) is 22.1. The smallest absolute Gasteiger partial charge is 0.250 e. The summed E-state index contributed by atoms with van der Waals surface area (Å²) < 4.78 is 6.05. The fourth-order valence-corrected chi connectivity index (χ4v) is 8.45. The predicted octanol–water partition coefficient (Wildman–Crippen LogP) is 4.76. The van der Waals surface area contributed by atoms with Gasteiger partial charge in [0, 0.05) is 55.8 Å². The fourth-order valence-electron chi connectivity index (χ4n) is 8.45. The Morgan fingerprint density at radius 2 is 1.94 bits per heavy atom. The predicted molar refractivity (Wildman–Crippen MR) is 200 cm³/mol. The Bertz CT molecular complexity index is 1420. The number of hydrogen-bond acceptors (Lipinski definition) is 8. The number of fused-ring (bicyclic) bond motifs is 2. The number of aliphatic hydroxyl groups is 1. The van der Waals surface area contributed by atoms with Crippen LogP contribution in [0.2, 0.25) is 0 Å². The highest BCUT2D eigenvalue weighted by Gasteiger charge is 2.57. The third-order valence-corrected chi connectivity index (χ3v) is 11.6. The van der Waals surface area contributed by atoms with E-state index in [0.717, 1.165) is 36.1 Å². The van der Waals surface area contributed by atoms with E-state index in [0.29, 0.717) is 40.4 Å². The molecule has 1 aromatic carbocycles. The highest BCUT2D eigenvalue weighted by molar-refractivity contribution is 5.98. The summed E-state index contributed by atoms with van der Waals surface area (Å²) in [6.45, 7) is 18.3. The van der Waals surface area contributed by atoms with Crippen molar-refractivity contribution in [3.8, 4) is 5.75 Å². The van der Waals surface area contributed by atoms with Gasteiger partial charge in [0.1, 0.15) is 17.9 Å². The second kappa shape index (κ2) is 16.9. The van der Waals surface area contributed by atoms with Crippen LogP contribution in [0, 0.1) is 35.0 Å². The van der Waals surface area contributed by atoms with Crippen LogP contribution in [-0.4, -0.2) is 92.5 Å². The lowest BCUT2D eigenvalue weighted by Crippen LogP contribution is -2.62. The van der Waals surface area contributed by atoms with Gasteiger partial charge in [-0.05, 0) is 85.7 Å². The molecule has 0 spiro atoms. The molecule has 0 aromatic heterocycles. The van der Waals surface area contributed by atoms with E-state index in [1.807, 2.05) is 49.5 Å². The monoisotopic (exact) mass is 693 g/mol. The molecule has 4 N–H and O–H groups in total. The maximum atomic E-state index is 14.5. The maximum Gasteiger partial charge on any atom is 0.250 e. The number of para-hydroxylation sites is 1. The molecule has 5 rings (SSSR count). The summed E-state index contributed by atoms with van der Waals surface area (Å²) in [6, 6.07) is 5.22. The van der Waals surface area contributed by atoms with Crippen LogP contribution in [0.3, 0.4) is 0 Å². The molecule has 10 heteroatoms. The number of methoxy groups -OCH3 is 1. The molecule has 3 saturated carbocycles. The van der Waals surface area contributed by atoms with Gasteiger partial charge in [-0.2, -0.15) is 5.06 Å². The topological polar surface area (TPSA) is 115 Å².